The highest BCUT2D eigenvalue weighted by Gasteiger charge is 2.18. The lowest BCUT2D eigenvalue weighted by molar-refractivity contribution is 0.0593. The van der Waals surface area contributed by atoms with Crippen molar-refractivity contribution in [1.82, 2.24) is 9.78 Å². The Hall–Kier alpha value is -2.73. The van der Waals surface area contributed by atoms with Crippen molar-refractivity contribution < 1.29 is 13.9 Å². The summed E-state index contributed by atoms with van der Waals surface area (Å²) < 4.78 is 21.3. The lowest BCUT2D eigenvalue weighted by atomic mass is 10.1. The van der Waals surface area contributed by atoms with Gasteiger partial charge in [0, 0.05) is 9.13 Å². The number of hydrogen-bond donors (Lipinski definition) is 0. The van der Waals surface area contributed by atoms with Crippen molar-refractivity contribution in [2.45, 2.75) is 0 Å². The molecule has 0 aliphatic heterocycles. The number of rotatable bonds is 3. The summed E-state index contributed by atoms with van der Waals surface area (Å²) in [6.07, 6.45) is 0. The van der Waals surface area contributed by atoms with Gasteiger partial charge in [0.05, 0.1) is 25.1 Å². The van der Waals surface area contributed by atoms with Gasteiger partial charge in [0.15, 0.2) is 5.69 Å². The van der Waals surface area contributed by atoms with Crippen LogP contribution in [0.1, 0.15) is 10.5 Å². The molecule has 3 rings (SSSR count). The SMILES string of the molecule is [C-]#[N+]c1ccc(-c2cc(C(=O)OC)nn2-c2ccc(I)cc2)cc1F. The molecule has 0 fully saturated rings. The lowest BCUT2D eigenvalue weighted by Gasteiger charge is -2.08. The Morgan fingerprint density at radius 1 is 1.24 bits per heavy atom. The summed E-state index contributed by atoms with van der Waals surface area (Å²) in [6, 6.07) is 13.3. The van der Waals surface area contributed by atoms with E-state index in [1.54, 1.807) is 10.7 Å². The highest BCUT2D eigenvalue weighted by atomic mass is 127. The molecular formula is C18H11FIN3O2. The largest absolute Gasteiger partial charge is 0.464 e. The van der Waals surface area contributed by atoms with Gasteiger partial charge in [-0.05, 0) is 59.0 Å². The van der Waals surface area contributed by atoms with E-state index in [4.69, 9.17) is 11.3 Å². The minimum Gasteiger partial charge on any atom is -0.464 e. The first-order valence-electron chi connectivity index (χ1n) is 7.15. The number of aromatic nitrogens is 2. The second-order valence-corrected chi connectivity index (χ2v) is 6.32. The first-order chi connectivity index (χ1) is 12.0. The van der Waals surface area contributed by atoms with Crippen molar-refractivity contribution >= 4 is 34.2 Å². The van der Waals surface area contributed by atoms with Crippen LogP contribution in [0.4, 0.5) is 10.1 Å². The van der Waals surface area contributed by atoms with Crippen LogP contribution in [-0.2, 0) is 4.74 Å². The van der Waals surface area contributed by atoms with E-state index >= 15 is 0 Å². The molecule has 25 heavy (non-hydrogen) atoms. The molecule has 5 nitrogen and oxygen atoms in total. The fourth-order valence-corrected chi connectivity index (χ4v) is 2.69. The summed E-state index contributed by atoms with van der Waals surface area (Å²) in [4.78, 5) is 15.0. The van der Waals surface area contributed by atoms with Crippen molar-refractivity contribution in [2.24, 2.45) is 0 Å². The Balaban J connectivity index is 2.19. The zero-order chi connectivity index (χ0) is 18.0. The van der Waals surface area contributed by atoms with Gasteiger partial charge in [-0.1, -0.05) is 12.1 Å². The summed E-state index contributed by atoms with van der Waals surface area (Å²) in [5.74, 6) is -1.20. The summed E-state index contributed by atoms with van der Waals surface area (Å²) in [7, 11) is 1.27. The summed E-state index contributed by atoms with van der Waals surface area (Å²) >= 11 is 2.19. The second-order valence-electron chi connectivity index (χ2n) is 5.07. The first kappa shape index (κ1) is 17.1. The second kappa shape index (κ2) is 7.03. The monoisotopic (exact) mass is 447 g/mol. The number of halogens is 2. The third-order valence-electron chi connectivity index (χ3n) is 3.54. The average Bonchev–Trinajstić information content (AvgIpc) is 3.07. The normalized spacial score (nSPS) is 10.3. The Labute approximate surface area is 157 Å². The predicted molar refractivity (Wildman–Crippen MR) is 99.3 cm³/mol. The smallest absolute Gasteiger partial charge is 0.358 e. The number of esters is 1. The molecule has 0 bridgehead atoms. The maximum absolute atomic E-state index is 14.0. The van der Waals surface area contributed by atoms with E-state index in [0.717, 1.165) is 9.26 Å². The van der Waals surface area contributed by atoms with Crippen molar-refractivity contribution in [2.75, 3.05) is 7.11 Å². The molecule has 0 aliphatic rings. The molecule has 0 aliphatic carbocycles. The zero-order valence-corrected chi connectivity index (χ0v) is 15.2. The molecule has 2 aromatic carbocycles. The summed E-state index contributed by atoms with van der Waals surface area (Å²) in [5, 5.41) is 4.29. The van der Waals surface area contributed by atoms with E-state index in [1.165, 1.54) is 25.3 Å². The molecule has 124 valence electrons. The Morgan fingerprint density at radius 2 is 1.96 bits per heavy atom. The van der Waals surface area contributed by atoms with Crippen LogP contribution in [0.3, 0.4) is 0 Å². The molecule has 0 saturated carbocycles. The third kappa shape index (κ3) is 3.39. The van der Waals surface area contributed by atoms with Gasteiger partial charge in [0.25, 0.3) is 0 Å². The number of methoxy groups -OCH3 is 1. The molecule has 0 saturated heterocycles. The number of carbonyl (C=O) groups excluding carboxylic acids is 1. The van der Waals surface area contributed by atoms with Gasteiger partial charge in [-0.3, -0.25) is 0 Å². The van der Waals surface area contributed by atoms with Crippen molar-refractivity contribution in [1.29, 1.82) is 0 Å². The van der Waals surface area contributed by atoms with Gasteiger partial charge in [0.2, 0.25) is 5.69 Å². The molecule has 7 heteroatoms. The molecule has 0 spiro atoms. The van der Waals surface area contributed by atoms with Crippen molar-refractivity contribution in [3.8, 4) is 16.9 Å². The fraction of sp³-hybridized carbons (Fsp3) is 0.0556. The van der Waals surface area contributed by atoms with E-state index < -0.39 is 11.8 Å². The molecule has 1 heterocycles. The van der Waals surface area contributed by atoms with Crippen LogP contribution in [0.25, 0.3) is 21.8 Å². The highest BCUT2D eigenvalue weighted by Crippen LogP contribution is 2.28. The minimum atomic E-state index is -0.623. The molecule has 1 aromatic heterocycles. The molecule has 0 unspecified atom stereocenters. The first-order valence-corrected chi connectivity index (χ1v) is 8.23. The third-order valence-corrected chi connectivity index (χ3v) is 4.26. The maximum atomic E-state index is 14.0. The lowest BCUT2D eigenvalue weighted by Crippen LogP contribution is -2.04. The van der Waals surface area contributed by atoms with Crippen LogP contribution in [0.5, 0.6) is 0 Å². The van der Waals surface area contributed by atoms with Crippen molar-refractivity contribution in [3.63, 3.8) is 0 Å². The van der Waals surface area contributed by atoms with E-state index in [2.05, 4.69) is 32.5 Å². The molecule has 0 atom stereocenters. The number of ether oxygens (including phenoxy) is 1. The van der Waals surface area contributed by atoms with Crippen molar-refractivity contribution in [3.05, 3.63) is 75.0 Å². The molecule has 0 N–H and O–H groups in total. The van der Waals surface area contributed by atoms with E-state index in [1.807, 2.05) is 24.3 Å². The Kier molecular flexibility index (Phi) is 4.81. The minimum absolute atomic E-state index is 0.0581. The van der Waals surface area contributed by atoms with Crippen LogP contribution in [0.15, 0.2) is 48.5 Å². The van der Waals surface area contributed by atoms with E-state index in [9.17, 15) is 9.18 Å². The van der Waals surface area contributed by atoms with Crippen LogP contribution in [-0.4, -0.2) is 22.9 Å². The highest BCUT2D eigenvalue weighted by molar-refractivity contribution is 14.1. The van der Waals surface area contributed by atoms with Gasteiger partial charge in [0.1, 0.15) is 5.82 Å². The Bertz CT molecular complexity index is 991. The number of nitrogens with zero attached hydrogens (tertiary/aromatic N) is 3. The summed E-state index contributed by atoms with van der Waals surface area (Å²) in [5.41, 5.74) is 1.81. The van der Waals surface area contributed by atoms with Gasteiger partial charge in [-0.25, -0.2) is 18.7 Å². The molecular weight excluding hydrogens is 436 g/mol. The van der Waals surface area contributed by atoms with Crippen LogP contribution in [0.2, 0.25) is 0 Å². The zero-order valence-electron chi connectivity index (χ0n) is 13.0. The molecule has 0 amide bonds. The summed E-state index contributed by atoms with van der Waals surface area (Å²) in [6.45, 7) is 6.95. The van der Waals surface area contributed by atoms with Crippen LogP contribution >= 0.6 is 22.6 Å². The van der Waals surface area contributed by atoms with Crippen LogP contribution in [0, 0.1) is 16.0 Å². The van der Waals surface area contributed by atoms with E-state index in [-0.39, 0.29) is 11.4 Å². The Morgan fingerprint density at radius 3 is 2.56 bits per heavy atom. The number of benzene rings is 2. The quantitative estimate of drug-likeness (QED) is 0.335. The fourth-order valence-electron chi connectivity index (χ4n) is 2.33. The van der Waals surface area contributed by atoms with Gasteiger partial charge in [-0.2, -0.15) is 5.10 Å². The molecule has 3 aromatic rings. The topological polar surface area (TPSA) is 48.5 Å². The average molecular weight is 447 g/mol. The maximum Gasteiger partial charge on any atom is 0.358 e. The van der Waals surface area contributed by atoms with Gasteiger partial charge in [-0.15, -0.1) is 0 Å². The predicted octanol–water partition coefficient (Wildman–Crippen LogP) is 4.62. The molecule has 0 radical (unpaired) electrons. The number of carbonyl (C=O) groups is 1. The number of hydrogen-bond acceptors (Lipinski definition) is 3. The van der Waals surface area contributed by atoms with Gasteiger partial charge < -0.3 is 4.74 Å². The van der Waals surface area contributed by atoms with Gasteiger partial charge >= 0.3 is 5.97 Å². The van der Waals surface area contributed by atoms with E-state index in [0.29, 0.717) is 11.3 Å². The standard InChI is InChI=1S/C18H11FIN3O2/c1-21-15-8-3-11(9-14(15)19)17-10-16(18(24)25-2)22-23(17)13-6-4-12(20)5-7-13/h3-10H,2H3. The van der Waals surface area contributed by atoms with Crippen LogP contribution < -0.4 is 0 Å².